The summed E-state index contributed by atoms with van der Waals surface area (Å²) in [5, 5.41) is 3.21. The molecule has 0 saturated heterocycles. The van der Waals surface area contributed by atoms with Crippen LogP contribution in [-0.4, -0.2) is 30.9 Å². The number of allylic oxidation sites excluding steroid dienone is 4. The molecule has 0 radical (unpaired) electrons. The van der Waals surface area contributed by atoms with Crippen LogP contribution in [0.25, 0.3) is 0 Å². The Morgan fingerprint density at radius 3 is 2.36 bits per heavy atom. The smallest absolute Gasteiger partial charge is 0.407 e. The molecule has 0 aromatic rings. The third-order valence-corrected chi connectivity index (χ3v) is 6.33. The van der Waals surface area contributed by atoms with Crippen molar-refractivity contribution < 1.29 is 14.3 Å². The van der Waals surface area contributed by atoms with E-state index in [1.54, 1.807) is 0 Å². The average Bonchev–Trinajstić information content (AvgIpc) is 2.70. The van der Waals surface area contributed by atoms with E-state index >= 15 is 0 Å². The number of carbonyl (C=O) groups is 1. The van der Waals surface area contributed by atoms with Gasteiger partial charge in [-0.1, -0.05) is 57.6 Å². The van der Waals surface area contributed by atoms with E-state index in [2.05, 4.69) is 71.2 Å². The first-order valence-electron chi connectivity index (χ1n) is 13.0. The first-order chi connectivity index (χ1) is 15.4. The van der Waals surface area contributed by atoms with Crippen LogP contribution in [0, 0.1) is 23.7 Å². The highest BCUT2D eigenvalue weighted by Gasteiger charge is 2.28. The van der Waals surface area contributed by atoms with Crippen LogP contribution in [-0.2, 0) is 9.47 Å². The van der Waals surface area contributed by atoms with Crippen molar-refractivity contribution >= 4 is 6.09 Å². The minimum absolute atomic E-state index is 0.0608. The second kappa shape index (κ2) is 14.7. The lowest BCUT2D eigenvalue weighted by Gasteiger charge is -2.32. The van der Waals surface area contributed by atoms with Crippen molar-refractivity contribution in [3.05, 3.63) is 35.5 Å². The van der Waals surface area contributed by atoms with Gasteiger partial charge in [0.15, 0.2) is 0 Å². The topological polar surface area (TPSA) is 47.6 Å². The molecular weight excluding hydrogens is 410 g/mol. The fraction of sp³-hybridized carbons (Fsp3) is 0.759. The quantitative estimate of drug-likeness (QED) is 0.284. The van der Waals surface area contributed by atoms with E-state index in [1.807, 2.05) is 20.8 Å². The highest BCUT2D eigenvalue weighted by atomic mass is 16.6. The lowest BCUT2D eigenvalue weighted by molar-refractivity contribution is 0.0457. The van der Waals surface area contributed by atoms with E-state index in [9.17, 15) is 4.79 Å². The van der Waals surface area contributed by atoms with Gasteiger partial charge in [0.1, 0.15) is 5.60 Å². The molecule has 4 heteroatoms. The molecule has 1 rings (SSSR count). The first kappa shape index (κ1) is 29.5. The molecule has 33 heavy (non-hydrogen) atoms. The van der Waals surface area contributed by atoms with E-state index in [4.69, 9.17) is 9.47 Å². The average molecular weight is 462 g/mol. The molecule has 0 fully saturated rings. The normalized spacial score (nSPS) is 17.7. The fourth-order valence-electron chi connectivity index (χ4n) is 4.32. The number of nitrogens with one attached hydrogen (secondary N) is 1. The van der Waals surface area contributed by atoms with Gasteiger partial charge >= 0.3 is 6.09 Å². The molecule has 190 valence electrons. The minimum atomic E-state index is -0.501. The maximum Gasteiger partial charge on any atom is 0.407 e. The van der Waals surface area contributed by atoms with Crippen LogP contribution in [0.2, 0.25) is 0 Å². The molecular formula is C29H51NO3. The van der Waals surface area contributed by atoms with E-state index in [0.29, 0.717) is 30.3 Å². The van der Waals surface area contributed by atoms with E-state index in [1.165, 1.54) is 11.1 Å². The molecule has 0 heterocycles. The summed E-state index contributed by atoms with van der Waals surface area (Å²) in [4.78, 5) is 12.6. The van der Waals surface area contributed by atoms with Crippen molar-refractivity contribution in [1.82, 2.24) is 5.32 Å². The van der Waals surface area contributed by atoms with Crippen LogP contribution < -0.4 is 5.32 Å². The molecule has 0 saturated carbocycles. The number of ether oxygens (including phenoxy) is 2. The SMILES string of the molecule is CCC(C=C(C)C)CC(NC(=O)OC(C)(C)C)C(C)CC(COCC1=CCCC=C1)C(C)C. The monoisotopic (exact) mass is 461 g/mol. The number of hydrogen-bond donors (Lipinski definition) is 1. The molecule has 1 N–H and O–H groups in total. The summed E-state index contributed by atoms with van der Waals surface area (Å²) in [6.45, 7) is 20.5. The van der Waals surface area contributed by atoms with Gasteiger partial charge < -0.3 is 14.8 Å². The first-order valence-corrected chi connectivity index (χ1v) is 13.0. The van der Waals surface area contributed by atoms with E-state index < -0.39 is 5.60 Å². The maximum absolute atomic E-state index is 12.6. The van der Waals surface area contributed by atoms with Gasteiger partial charge in [-0.25, -0.2) is 4.79 Å². The summed E-state index contributed by atoms with van der Waals surface area (Å²) >= 11 is 0. The van der Waals surface area contributed by atoms with E-state index in [-0.39, 0.29) is 12.1 Å². The van der Waals surface area contributed by atoms with Crippen molar-refractivity contribution in [3.63, 3.8) is 0 Å². The Hall–Kier alpha value is -1.55. The standard InChI is InChI=1S/C29H51NO3/c1-10-24(16-21(2)3)18-27(30-28(31)33-29(7,8)9)23(6)17-26(22(4)5)20-32-19-25-14-12-11-13-15-25/h12,14-16,22-24,26-27H,10-11,13,17-20H2,1-9H3,(H,30,31). The molecule has 1 aliphatic carbocycles. The molecule has 0 aromatic heterocycles. The predicted molar refractivity (Wildman–Crippen MR) is 140 cm³/mol. The molecule has 4 nitrogen and oxygen atoms in total. The number of alkyl carbamates (subject to hydrolysis) is 1. The predicted octanol–water partition coefficient (Wildman–Crippen LogP) is 7.85. The highest BCUT2D eigenvalue weighted by Crippen LogP contribution is 2.28. The van der Waals surface area contributed by atoms with E-state index in [0.717, 1.165) is 38.7 Å². The Kier molecular flexibility index (Phi) is 13.1. The zero-order valence-corrected chi connectivity index (χ0v) is 22.9. The Morgan fingerprint density at radius 2 is 1.85 bits per heavy atom. The van der Waals surface area contributed by atoms with Crippen LogP contribution >= 0.6 is 0 Å². The number of rotatable bonds is 13. The summed E-state index contributed by atoms with van der Waals surface area (Å²) in [5.74, 6) is 1.72. The molecule has 4 unspecified atom stereocenters. The van der Waals surface area contributed by atoms with Crippen molar-refractivity contribution in [1.29, 1.82) is 0 Å². The number of hydrogen-bond acceptors (Lipinski definition) is 3. The lowest BCUT2D eigenvalue weighted by atomic mass is 9.81. The third-order valence-electron chi connectivity index (χ3n) is 6.33. The van der Waals surface area contributed by atoms with Gasteiger partial charge in [0, 0.05) is 6.04 Å². The highest BCUT2D eigenvalue weighted by molar-refractivity contribution is 5.68. The lowest BCUT2D eigenvalue weighted by Crippen LogP contribution is -2.44. The molecule has 0 aliphatic heterocycles. The number of carbonyl (C=O) groups excluding carboxylic acids is 1. The summed E-state index contributed by atoms with van der Waals surface area (Å²) in [7, 11) is 0. The van der Waals surface area contributed by atoms with Crippen LogP contribution in [0.1, 0.15) is 94.4 Å². The van der Waals surface area contributed by atoms with Crippen LogP contribution in [0.5, 0.6) is 0 Å². The Labute approximate surface area is 204 Å². The summed E-state index contributed by atoms with van der Waals surface area (Å²) in [6, 6.07) is 0.0608. The van der Waals surface area contributed by atoms with Gasteiger partial charge in [-0.15, -0.1) is 0 Å². The van der Waals surface area contributed by atoms with Gasteiger partial charge in [-0.3, -0.25) is 0 Å². The molecule has 0 aromatic carbocycles. The van der Waals surface area contributed by atoms with Crippen LogP contribution in [0.15, 0.2) is 35.5 Å². The van der Waals surface area contributed by atoms with Gasteiger partial charge in [-0.2, -0.15) is 0 Å². The fourth-order valence-corrected chi connectivity index (χ4v) is 4.32. The Balaban J connectivity index is 2.84. The third kappa shape index (κ3) is 13.1. The molecule has 1 aliphatic rings. The number of amides is 1. The van der Waals surface area contributed by atoms with Crippen molar-refractivity contribution in [3.8, 4) is 0 Å². The summed E-state index contributed by atoms with van der Waals surface area (Å²) < 4.78 is 11.7. The molecule has 1 amide bonds. The zero-order valence-electron chi connectivity index (χ0n) is 22.9. The van der Waals surface area contributed by atoms with Crippen molar-refractivity contribution in [2.75, 3.05) is 13.2 Å². The van der Waals surface area contributed by atoms with Crippen LogP contribution in [0.4, 0.5) is 4.79 Å². The molecule has 4 atom stereocenters. The maximum atomic E-state index is 12.6. The molecule has 0 bridgehead atoms. The van der Waals surface area contributed by atoms with Gasteiger partial charge in [0.25, 0.3) is 0 Å². The van der Waals surface area contributed by atoms with Crippen LogP contribution in [0.3, 0.4) is 0 Å². The van der Waals surface area contributed by atoms with Gasteiger partial charge in [0.05, 0.1) is 13.2 Å². The van der Waals surface area contributed by atoms with Gasteiger partial charge in [0.2, 0.25) is 0 Å². The largest absolute Gasteiger partial charge is 0.444 e. The zero-order chi connectivity index (χ0) is 25.0. The second-order valence-electron chi connectivity index (χ2n) is 11.4. The Bertz CT molecular complexity index is 665. The summed E-state index contributed by atoms with van der Waals surface area (Å²) in [6.07, 6.45) is 13.9. The summed E-state index contributed by atoms with van der Waals surface area (Å²) in [5.41, 5.74) is 2.11. The van der Waals surface area contributed by atoms with Crippen molar-refractivity contribution in [2.45, 2.75) is 106 Å². The second-order valence-corrected chi connectivity index (χ2v) is 11.4. The molecule has 0 spiro atoms. The Morgan fingerprint density at radius 1 is 1.15 bits per heavy atom. The van der Waals surface area contributed by atoms with Crippen molar-refractivity contribution in [2.24, 2.45) is 23.7 Å². The minimum Gasteiger partial charge on any atom is -0.444 e. The van der Waals surface area contributed by atoms with Gasteiger partial charge in [-0.05, 0) is 96.0 Å².